The van der Waals surface area contributed by atoms with Crippen LogP contribution in [0.4, 0.5) is 0 Å². The van der Waals surface area contributed by atoms with Gasteiger partial charge in [0.2, 0.25) is 0 Å². The van der Waals surface area contributed by atoms with Crippen molar-refractivity contribution in [3.8, 4) is 16.2 Å². The van der Waals surface area contributed by atoms with Gasteiger partial charge in [0.15, 0.2) is 0 Å². The Balaban J connectivity index is 2.30. The van der Waals surface area contributed by atoms with Gasteiger partial charge < -0.3 is 10.5 Å². The quantitative estimate of drug-likeness (QED) is 0.899. The number of nitrogens with two attached hydrogens (primary N) is 1. The summed E-state index contributed by atoms with van der Waals surface area (Å²) < 4.78 is 5.15. The van der Waals surface area contributed by atoms with Crippen LogP contribution in [0, 0.1) is 0 Å². The van der Waals surface area contributed by atoms with Crippen molar-refractivity contribution < 1.29 is 4.74 Å². The molecule has 0 amide bonds. The predicted molar refractivity (Wildman–Crippen MR) is 73.5 cm³/mol. The monoisotopic (exact) mass is 247 g/mol. The summed E-state index contributed by atoms with van der Waals surface area (Å²) >= 11 is 1.72. The summed E-state index contributed by atoms with van der Waals surface area (Å²) in [6.07, 6.45) is 0. The van der Waals surface area contributed by atoms with Crippen molar-refractivity contribution in [1.29, 1.82) is 0 Å². The molecule has 2 nitrogen and oxygen atoms in total. The summed E-state index contributed by atoms with van der Waals surface area (Å²) in [4.78, 5) is 1.24. The lowest BCUT2D eigenvalue weighted by Crippen LogP contribution is -2.27. The van der Waals surface area contributed by atoms with Gasteiger partial charge in [-0.15, -0.1) is 11.3 Å². The van der Waals surface area contributed by atoms with Crippen LogP contribution in [0.3, 0.4) is 0 Å². The lowest BCUT2D eigenvalue weighted by atomic mass is 9.98. The maximum Gasteiger partial charge on any atom is 0.118 e. The first kappa shape index (κ1) is 12.1. The number of hydrogen-bond donors (Lipinski definition) is 1. The zero-order valence-electron chi connectivity index (χ0n) is 10.4. The van der Waals surface area contributed by atoms with Gasteiger partial charge in [-0.2, -0.15) is 0 Å². The molecule has 2 aromatic rings. The van der Waals surface area contributed by atoms with Gasteiger partial charge in [-0.25, -0.2) is 0 Å². The molecule has 17 heavy (non-hydrogen) atoms. The Labute approximate surface area is 106 Å². The third-order valence-corrected chi connectivity index (χ3v) is 3.70. The molecule has 1 heterocycles. The molecule has 90 valence electrons. The van der Waals surface area contributed by atoms with Crippen molar-refractivity contribution in [3.63, 3.8) is 0 Å². The number of ether oxygens (including phenoxy) is 1. The average molecular weight is 247 g/mol. The fourth-order valence-corrected chi connectivity index (χ4v) is 2.67. The van der Waals surface area contributed by atoms with Gasteiger partial charge in [0.25, 0.3) is 0 Å². The van der Waals surface area contributed by atoms with Crippen LogP contribution in [0.2, 0.25) is 0 Å². The van der Waals surface area contributed by atoms with E-state index in [0.29, 0.717) is 0 Å². The summed E-state index contributed by atoms with van der Waals surface area (Å²) in [6, 6.07) is 10.2. The second-order valence-corrected chi connectivity index (χ2v) is 5.56. The molecule has 0 atom stereocenters. The summed E-state index contributed by atoms with van der Waals surface area (Å²) in [5.74, 6) is 0.879. The minimum atomic E-state index is -0.277. The maximum absolute atomic E-state index is 6.08. The van der Waals surface area contributed by atoms with Crippen LogP contribution in [0.25, 0.3) is 10.4 Å². The van der Waals surface area contributed by atoms with Crippen molar-refractivity contribution in [2.24, 2.45) is 5.73 Å². The van der Waals surface area contributed by atoms with Gasteiger partial charge in [-0.05, 0) is 60.7 Å². The molecule has 0 aliphatic carbocycles. The molecule has 3 heteroatoms. The molecule has 2 rings (SSSR count). The summed E-state index contributed by atoms with van der Waals surface area (Å²) in [6.45, 7) is 4.04. The molecule has 0 aliphatic heterocycles. The highest BCUT2D eigenvalue weighted by atomic mass is 32.1. The molecule has 0 saturated carbocycles. The van der Waals surface area contributed by atoms with Crippen LogP contribution < -0.4 is 10.5 Å². The minimum Gasteiger partial charge on any atom is -0.497 e. The molecular weight excluding hydrogens is 230 g/mol. The number of methoxy groups -OCH3 is 1. The van der Waals surface area contributed by atoms with Gasteiger partial charge in [0, 0.05) is 10.4 Å². The number of hydrogen-bond acceptors (Lipinski definition) is 3. The third kappa shape index (κ3) is 2.68. The van der Waals surface area contributed by atoms with E-state index in [1.165, 1.54) is 16.0 Å². The van der Waals surface area contributed by atoms with E-state index in [0.717, 1.165) is 5.75 Å². The van der Waals surface area contributed by atoms with E-state index < -0.39 is 0 Å². The Morgan fingerprint density at radius 3 is 2.29 bits per heavy atom. The fourth-order valence-electron chi connectivity index (χ4n) is 1.58. The molecule has 0 radical (unpaired) electrons. The van der Waals surface area contributed by atoms with E-state index in [1.54, 1.807) is 18.4 Å². The lowest BCUT2D eigenvalue weighted by Gasteiger charge is -2.16. The predicted octanol–water partition coefficient (Wildman–Crippen LogP) is 3.62. The number of benzene rings is 1. The van der Waals surface area contributed by atoms with E-state index >= 15 is 0 Å². The largest absolute Gasteiger partial charge is 0.497 e. The second kappa shape index (κ2) is 4.51. The van der Waals surface area contributed by atoms with Crippen molar-refractivity contribution in [1.82, 2.24) is 0 Å². The van der Waals surface area contributed by atoms with Crippen LogP contribution in [0.5, 0.6) is 5.75 Å². The van der Waals surface area contributed by atoms with E-state index in [4.69, 9.17) is 10.5 Å². The standard InChI is InChI=1S/C14H17NOS/c1-14(2,15)11-8-13(17-9-11)10-4-6-12(16-3)7-5-10/h4-9H,15H2,1-3H3. The second-order valence-electron chi connectivity index (χ2n) is 4.65. The summed E-state index contributed by atoms with van der Waals surface area (Å²) in [7, 11) is 1.68. The van der Waals surface area contributed by atoms with E-state index in [1.807, 2.05) is 26.0 Å². The zero-order chi connectivity index (χ0) is 12.5. The Morgan fingerprint density at radius 1 is 1.18 bits per heavy atom. The first-order valence-electron chi connectivity index (χ1n) is 5.53. The van der Waals surface area contributed by atoms with Gasteiger partial charge >= 0.3 is 0 Å². The van der Waals surface area contributed by atoms with Crippen LogP contribution in [-0.2, 0) is 5.54 Å². The smallest absolute Gasteiger partial charge is 0.118 e. The SMILES string of the molecule is COc1ccc(-c2cc(C(C)(C)N)cs2)cc1. The van der Waals surface area contributed by atoms with Crippen molar-refractivity contribution >= 4 is 11.3 Å². The van der Waals surface area contributed by atoms with Crippen molar-refractivity contribution in [2.75, 3.05) is 7.11 Å². The first-order valence-corrected chi connectivity index (χ1v) is 6.41. The lowest BCUT2D eigenvalue weighted by molar-refractivity contribution is 0.415. The van der Waals surface area contributed by atoms with E-state index in [-0.39, 0.29) is 5.54 Å². The Bertz CT molecular complexity index is 494. The highest BCUT2D eigenvalue weighted by Crippen LogP contribution is 2.32. The van der Waals surface area contributed by atoms with Gasteiger partial charge in [-0.3, -0.25) is 0 Å². The molecule has 0 fully saturated rings. The normalized spacial score (nSPS) is 11.5. The first-order chi connectivity index (χ1) is 8.00. The third-order valence-electron chi connectivity index (χ3n) is 2.72. The maximum atomic E-state index is 6.08. The van der Waals surface area contributed by atoms with Crippen LogP contribution in [0.1, 0.15) is 19.4 Å². The number of rotatable bonds is 3. The Hall–Kier alpha value is -1.32. The molecule has 2 N–H and O–H groups in total. The van der Waals surface area contributed by atoms with Crippen molar-refractivity contribution in [3.05, 3.63) is 41.3 Å². The molecule has 0 saturated heterocycles. The van der Waals surface area contributed by atoms with Crippen LogP contribution >= 0.6 is 11.3 Å². The molecule has 1 aromatic carbocycles. The topological polar surface area (TPSA) is 35.2 Å². The molecule has 1 aromatic heterocycles. The van der Waals surface area contributed by atoms with E-state index in [9.17, 15) is 0 Å². The molecular formula is C14H17NOS. The minimum absolute atomic E-state index is 0.277. The summed E-state index contributed by atoms with van der Waals surface area (Å²) in [5.41, 5.74) is 8.18. The Kier molecular flexibility index (Phi) is 3.22. The van der Waals surface area contributed by atoms with Crippen LogP contribution in [0.15, 0.2) is 35.7 Å². The van der Waals surface area contributed by atoms with Crippen molar-refractivity contribution in [2.45, 2.75) is 19.4 Å². The summed E-state index contributed by atoms with van der Waals surface area (Å²) in [5, 5.41) is 2.12. The molecule has 0 aliphatic rings. The van der Waals surface area contributed by atoms with Crippen LogP contribution in [-0.4, -0.2) is 7.11 Å². The fraction of sp³-hybridized carbons (Fsp3) is 0.286. The highest BCUT2D eigenvalue weighted by Gasteiger charge is 2.16. The Morgan fingerprint density at radius 2 is 1.82 bits per heavy atom. The van der Waals surface area contributed by atoms with Gasteiger partial charge in [0.1, 0.15) is 5.75 Å². The zero-order valence-corrected chi connectivity index (χ0v) is 11.2. The molecule has 0 bridgehead atoms. The van der Waals surface area contributed by atoms with E-state index in [2.05, 4.69) is 23.6 Å². The average Bonchev–Trinajstić information content (AvgIpc) is 2.78. The van der Waals surface area contributed by atoms with Gasteiger partial charge in [0.05, 0.1) is 7.11 Å². The van der Waals surface area contributed by atoms with Gasteiger partial charge in [-0.1, -0.05) is 0 Å². The highest BCUT2D eigenvalue weighted by molar-refractivity contribution is 7.13. The molecule has 0 unspecified atom stereocenters. The number of thiophene rings is 1. The molecule has 0 spiro atoms.